The molecule has 0 saturated carbocycles. The zero-order valence-electron chi connectivity index (χ0n) is 16.7. The molecule has 0 unspecified atom stereocenters. The molecule has 3 N–H and O–H groups in total. The molecule has 4 atom stereocenters. The molecule has 0 amide bonds. The highest BCUT2D eigenvalue weighted by atomic mass is 16.6. The summed E-state index contributed by atoms with van der Waals surface area (Å²) in [6, 6.07) is 7.51. The Labute approximate surface area is 175 Å². The van der Waals surface area contributed by atoms with Gasteiger partial charge in [0.25, 0.3) is 0 Å². The van der Waals surface area contributed by atoms with Crippen LogP contribution in [0.4, 0.5) is 0 Å². The van der Waals surface area contributed by atoms with Gasteiger partial charge in [-0.2, -0.15) is 4.98 Å². The molecule has 31 heavy (non-hydrogen) atoms. The van der Waals surface area contributed by atoms with Crippen LogP contribution in [0.3, 0.4) is 0 Å². The number of rotatable bonds is 5. The second kappa shape index (κ2) is 7.42. The Morgan fingerprint density at radius 1 is 1.03 bits per heavy atom. The van der Waals surface area contributed by atoms with Crippen molar-refractivity contribution in [2.24, 2.45) is 0 Å². The molecule has 1 aromatic carbocycles. The van der Waals surface area contributed by atoms with Gasteiger partial charge in [0.05, 0.1) is 27.2 Å². The molecule has 1 fully saturated rings. The summed E-state index contributed by atoms with van der Waals surface area (Å²) < 4.78 is 19.4. The Morgan fingerprint density at radius 3 is 2.45 bits per heavy atom. The quantitative estimate of drug-likeness (QED) is 0.389. The van der Waals surface area contributed by atoms with Gasteiger partial charge in [0.15, 0.2) is 28.9 Å². The predicted octanol–water partition coefficient (Wildman–Crippen LogP) is -0.230. The van der Waals surface area contributed by atoms with Crippen LogP contribution >= 0.6 is 0 Å². The average molecular weight is 428 g/mol. The van der Waals surface area contributed by atoms with Gasteiger partial charge in [-0.1, -0.05) is 0 Å². The Hall–Kier alpha value is -3.32. The lowest BCUT2D eigenvalue weighted by Crippen LogP contribution is -2.33. The summed E-state index contributed by atoms with van der Waals surface area (Å²) in [7, 11) is 3.06. The van der Waals surface area contributed by atoms with Crippen molar-refractivity contribution in [2.45, 2.75) is 24.5 Å². The number of imidazole rings is 1. The lowest BCUT2D eigenvalue weighted by Gasteiger charge is -2.16. The maximum absolute atomic E-state index is 10.4. The van der Waals surface area contributed by atoms with Gasteiger partial charge in [0.2, 0.25) is 0 Å². The van der Waals surface area contributed by atoms with Crippen molar-refractivity contribution in [1.82, 2.24) is 29.1 Å². The first kappa shape index (κ1) is 19.6. The van der Waals surface area contributed by atoms with Crippen LogP contribution in [-0.4, -0.2) is 83.6 Å². The Kier molecular flexibility index (Phi) is 4.70. The Bertz CT molecular complexity index is 1240. The number of methoxy groups -OCH3 is 2. The molecule has 0 spiro atoms. The van der Waals surface area contributed by atoms with Gasteiger partial charge in [0, 0.05) is 5.56 Å². The molecule has 5 rings (SSSR count). The number of nitrogens with zero attached hydrogens (tertiary/aromatic N) is 6. The third-order valence-electron chi connectivity index (χ3n) is 5.36. The summed E-state index contributed by atoms with van der Waals surface area (Å²) in [5, 5.41) is 38.4. The van der Waals surface area contributed by atoms with E-state index in [1.165, 1.54) is 18.0 Å². The third-order valence-corrected chi connectivity index (χ3v) is 5.36. The van der Waals surface area contributed by atoms with E-state index >= 15 is 0 Å². The van der Waals surface area contributed by atoms with Crippen LogP contribution in [0.1, 0.15) is 6.23 Å². The van der Waals surface area contributed by atoms with E-state index in [0.717, 1.165) is 5.56 Å². The lowest BCUT2D eigenvalue weighted by atomic mass is 10.1. The van der Waals surface area contributed by atoms with Crippen LogP contribution in [-0.2, 0) is 4.74 Å². The molecule has 4 heterocycles. The molecular weight excluding hydrogens is 408 g/mol. The summed E-state index contributed by atoms with van der Waals surface area (Å²) >= 11 is 0. The fourth-order valence-electron chi connectivity index (χ4n) is 3.74. The summed E-state index contributed by atoms with van der Waals surface area (Å²) in [6.07, 6.45) is -2.99. The standard InChI is InChI=1S/C19H20N6O6/c1-29-10-5-3-9(4-6-10)15-22-23-17-12-16(21-19(30-2)25(15)17)24(8-20-12)18-14(28)13(27)11(7-26)31-18/h3-6,8,11,13-14,18,26-28H,7H2,1-2H3/t11-,13-,14-,18-/m1/s1. The van der Waals surface area contributed by atoms with Crippen LogP contribution in [0.15, 0.2) is 30.6 Å². The normalized spacial score (nSPS) is 23.6. The number of aromatic nitrogens is 6. The maximum atomic E-state index is 10.4. The second-order valence-corrected chi connectivity index (χ2v) is 7.06. The molecule has 0 radical (unpaired) electrons. The zero-order valence-corrected chi connectivity index (χ0v) is 16.7. The molecule has 12 heteroatoms. The van der Waals surface area contributed by atoms with Crippen LogP contribution < -0.4 is 9.47 Å². The maximum Gasteiger partial charge on any atom is 0.305 e. The van der Waals surface area contributed by atoms with Gasteiger partial charge in [-0.25, -0.2) is 9.38 Å². The van der Waals surface area contributed by atoms with E-state index in [1.807, 2.05) is 24.3 Å². The van der Waals surface area contributed by atoms with E-state index < -0.39 is 31.1 Å². The summed E-state index contributed by atoms with van der Waals surface area (Å²) in [4.78, 5) is 8.91. The molecule has 1 aliphatic heterocycles. The van der Waals surface area contributed by atoms with Crippen molar-refractivity contribution in [3.05, 3.63) is 30.6 Å². The highest BCUT2D eigenvalue weighted by molar-refractivity contribution is 5.87. The van der Waals surface area contributed by atoms with Crippen LogP contribution in [0.25, 0.3) is 28.2 Å². The average Bonchev–Trinajstić information content (AvgIpc) is 3.49. The van der Waals surface area contributed by atoms with Crippen LogP contribution in [0.5, 0.6) is 11.8 Å². The number of ether oxygens (including phenoxy) is 3. The smallest absolute Gasteiger partial charge is 0.305 e. The molecular formula is C19H20N6O6. The van der Waals surface area contributed by atoms with Gasteiger partial charge in [-0.3, -0.25) is 4.57 Å². The van der Waals surface area contributed by atoms with Gasteiger partial charge in [-0.15, -0.1) is 10.2 Å². The Balaban J connectivity index is 1.66. The molecule has 0 bridgehead atoms. The van der Waals surface area contributed by atoms with E-state index in [4.69, 9.17) is 14.2 Å². The van der Waals surface area contributed by atoms with E-state index in [9.17, 15) is 15.3 Å². The number of aliphatic hydroxyl groups is 3. The van der Waals surface area contributed by atoms with E-state index in [1.54, 1.807) is 11.5 Å². The molecule has 1 saturated heterocycles. The number of fused-ring (bicyclic) bond motifs is 3. The second-order valence-electron chi connectivity index (χ2n) is 7.06. The first-order valence-corrected chi connectivity index (χ1v) is 9.50. The van der Waals surface area contributed by atoms with E-state index in [0.29, 0.717) is 28.4 Å². The number of hydrogen-bond donors (Lipinski definition) is 3. The fourth-order valence-corrected chi connectivity index (χ4v) is 3.74. The van der Waals surface area contributed by atoms with E-state index in [2.05, 4.69) is 20.2 Å². The number of benzene rings is 1. The lowest BCUT2D eigenvalue weighted by molar-refractivity contribution is -0.0511. The van der Waals surface area contributed by atoms with Gasteiger partial charge >= 0.3 is 6.01 Å². The number of hydrogen-bond acceptors (Lipinski definition) is 10. The fraction of sp³-hybridized carbons (Fsp3) is 0.368. The van der Waals surface area contributed by atoms with Gasteiger partial charge in [0.1, 0.15) is 24.1 Å². The first-order valence-electron chi connectivity index (χ1n) is 9.50. The Morgan fingerprint density at radius 2 is 1.81 bits per heavy atom. The van der Waals surface area contributed by atoms with Crippen LogP contribution in [0.2, 0.25) is 0 Å². The van der Waals surface area contributed by atoms with Crippen molar-refractivity contribution < 1.29 is 29.5 Å². The minimum Gasteiger partial charge on any atom is -0.497 e. The monoisotopic (exact) mass is 428 g/mol. The SMILES string of the molecule is COc1ccc(-c2nnc3c4ncn([C@@H]5O[C@H](CO)[C@@H](O)[C@H]5O)c4nc(OC)n23)cc1. The minimum atomic E-state index is -1.27. The third kappa shape index (κ3) is 2.91. The molecule has 12 nitrogen and oxygen atoms in total. The van der Waals surface area contributed by atoms with E-state index in [-0.39, 0.29) is 6.01 Å². The van der Waals surface area contributed by atoms with Crippen molar-refractivity contribution in [2.75, 3.05) is 20.8 Å². The molecule has 0 aliphatic carbocycles. The minimum absolute atomic E-state index is 0.201. The first-order chi connectivity index (χ1) is 15.1. The summed E-state index contributed by atoms with van der Waals surface area (Å²) in [5.74, 6) is 1.22. The van der Waals surface area contributed by atoms with Crippen molar-refractivity contribution in [1.29, 1.82) is 0 Å². The van der Waals surface area contributed by atoms with Gasteiger partial charge in [-0.05, 0) is 24.3 Å². The zero-order chi connectivity index (χ0) is 21.7. The molecule has 3 aromatic heterocycles. The number of aliphatic hydroxyl groups excluding tert-OH is 3. The molecule has 162 valence electrons. The summed E-state index contributed by atoms with van der Waals surface area (Å²) in [5.41, 5.74) is 1.91. The van der Waals surface area contributed by atoms with Gasteiger partial charge < -0.3 is 29.5 Å². The highest BCUT2D eigenvalue weighted by Gasteiger charge is 2.44. The topological polar surface area (TPSA) is 149 Å². The molecule has 4 aromatic rings. The summed E-state index contributed by atoms with van der Waals surface area (Å²) in [6.45, 7) is -0.433. The van der Waals surface area contributed by atoms with Crippen molar-refractivity contribution in [3.8, 4) is 23.1 Å². The predicted molar refractivity (Wildman–Crippen MR) is 106 cm³/mol. The highest BCUT2D eigenvalue weighted by Crippen LogP contribution is 2.34. The van der Waals surface area contributed by atoms with Crippen molar-refractivity contribution >= 4 is 16.8 Å². The molecule has 1 aliphatic rings. The largest absolute Gasteiger partial charge is 0.497 e. The van der Waals surface area contributed by atoms with Crippen LogP contribution in [0, 0.1) is 0 Å². The van der Waals surface area contributed by atoms with Crippen molar-refractivity contribution in [3.63, 3.8) is 0 Å².